The van der Waals surface area contributed by atoms with Crippen molar-refractivity contribution < 1.29 is 13.2 Å². The molecule has 1 aromatic carbocycles. The van der Waals surface area contributed by atoms with Gasteiger partial charge in [-0.05, 0) is 43.7 Å². The molecule has 0 spiro atoms. The van der Waals surface area contributed by atoms with Gasteiger partial charge in [0.1, 0.15) is 0 Å². The van der Waals surface area contributed by atoms with Crippen LogP contribution in [0, 0.1) is 25.2 Å². The van der Waals surface area contributed by atoms with E-state index >= 15 is 0 Å². The molecular weight excluding hydrogens is 265 g/mol. The zero-order valence-corrected chi connectivity index (χ0v) is 11.1. The predicted octanol–water partition coefficient (Wildman–Crippen LogP) is 4.18. The average Bonchev–Trinajstić information content (AvgIpc) is 2.64. The summed E-state index contributed by atoms with van der Waals surface area (Å²) in [5.74, 6) is 0. The van der Waals surface area contributed by atoms with E-state index in [2.05, 4.69) is 6.07 Å². The maximum atomic E-state index is 12.8. The lowest BCUT2D eigenvalue weighted by Crippen LogP contribution is -2.07. The van der Waals surface area contributed by atoms with Crippen LogP contribution in [0.3, 0.4) is 0 Å². The van der Waals surface area contributed by atoms with Crippen LogP contribution in [-0.2, 0) is 12.6 Å². The summed E-state index contributed by atoms with van der Waals surface area (Å²) in [5.41, 5.74) is 2.22. The summed E-state index contributed by atoms with van der Waals surface area (Å²) in [4.78, 5) is 0. The van der Waals surface area contributed by atoms with Crippen molar-refractivity contribution in [3.05, 3.63) is 52.8 Å². The van der Waals surface area contributed by atoms with E-state index in [0.717, 1.165) is 29.1 Å². The van der Waals surface area contributed by atoms with Gasteiger partial charge in [0.15, 0.2) is 0 Å². The zero-order chi connectivity index (χ0) is 14.9. The first-order valence-electron chi connectivity index (χ1n) is 6.07. The number of nitriles is 1. The van der Waals surface area contributed by atoms with Crippen LogP contribution in [0.25, 0.3) is 5.69 Å². The molecule has 0 radical (unpaired) electrons. The molecule has 0 aliphatic carbocycles. The Morgan fingerprint density at radius 3 is 2.50 bits per heavy atom. The molecular formula is C15H13F3N2. The van der Waals surface area contributed by atoms with Crippen LogP contribution >= 0.6 is 0 Å². The molecule has 0 unspecified atom stereocenters. The van der Waals surface area contributed by atoms with Crippen molar-refractivity contribution in [3.63, 3.8) is 0 Å². The zero-order valence-electron chi connectivity index (χ0n) is 11.1. The standard InChI is InChI=1S/C15H13F3N2/c1-10-8-12(6-7-19)11(2)20(10)14-5-3-4-13(9-14)15(16,17)18/h3-5,8-9H,6H2,1-2H3. The third-order valence-electron chi connectivity index (χ3n) is 3.24. The highest BCUT2D eigenvalue weighted by Gasteiger charge is 2.30. The van der Waals surface area contributed by atoms with Gasteiger partial charge in [-0.3, -0.25) is 0 Å². The summed E-state index contributed by atoms with van der Waals surface area (Å²) in [7, 11) is 0. The minimum absolute atomic E-state index is 0.249. The predicted molar refractivity (Wildman–Crippen MR) is 69.6 cm³/mol. The molecule has 0 aliphatic heterocycles. The van der Waals surface area contributed by atoms with Crippen molar-refractivity contribution in [2.75, 3.05) is 0 Å². The minimum Gasteiger partial charge on any atom is -0.318 e. The number of halogens is 3. The van der Waals surface area contributed by atoms with Crippen molar-refractivity contribution >= 4 is 0 Å². The largest absolute Gasteiger partial charge is 0.416 e. The molecule has 0 saturated heterocycles. The van der Waals surface area contributed by atoms with Crippen molar-refractivity contribution in [1.82, 2.24) is 4.57 Å². The van der Waals surface area contributed by atoms with Gasteiger partial charge in [-0.25, -0.2) is 0 Å². The van der Waals surface area contributed by atoms with Gasteiger partial charge in [-0.1, -0.05) is 6.07 Å². The summed E-state index contributed by atoms with van der Waals surface area (Å²) in [5, 5.41) is 8.76. The fourth-order valence-electron chi connectivity index (χ4n) is 2.31. The number of benzene rings is 1. The number of alkyl halides is 3. The first-order chi connectivity index (χ1) is 9.34. The summed E-state index contributed by atoms with van der Waals surface area (Å²) in [6.07, 6.45) is -4.11. The third kappa shape index (κ3) is 2.55. The molecule has 20 heavy (non-hydrogen) atoms. The van der Waals surface area contributed by atoms with E-state index < -0.39 is 11.7 Å². The van der Waals surface area contributed by atoms with Crippen molar-refractivity contribution in [3.8, 4) is 11.8 Å². The highest BCUT2D eigenvalue weighted by Crippen LogP contribution is 2.31. The second-order valence-corrected chi connectivity index (χ2v) is 4.61. The molecule has 0 fully saturated rings. The number of hydrogen-bond donors (Lipinski definition) is 0. The Hall–Kier alpha value is -2.22. The SMILES string of the molecule is Cc1cc(CC#N)c(C)n1-c1cccc(C(F)(F)F)c1. The fourth-order valence-corrected chi connectivity index (χ4v) is 2.31. The number of aryl methyl sites for hydroxylation is 1. The summed E-state index contributed by atoms with van der Waals surface area (Å²) < 4.78 is 40.0. The monoisotopic (exact) mass is 278 g/mol. The Labute approximate surface area is 115 Å². The smallest absolute Gasteiger partial charge is 0.318 e. The summed E-state index contributed by atoms with van der Waals surface area (Å²) in [6, 6.07) is 9.08. The Morgan fingerprint density at radius 2 is 1.90 bits per heavy atom. The van der Waals surface area contributed by atoms with E-state index in [0.29, 0.717) is 5.69 Å². The lowest BCUT2D eigenvalue weighted by Gasteiger charge is -2.13. The number of hydrogen-bond acceptors (Lipinski definition) is 1. The first-order valence-corrected chi connectivity index (χ1v) is 6.07. The van der Waals surface area contributed by atoms with Crippen molar-refractivity contribution in [2.45, 2.75) is 26.4 Å². The molecule has 0 N–H and O–H groups in total. The Bertz CT molecular complexity index is 675. The van der Waals surface area contributed by atoms with E-state index in [9.17, 15) is 13.2 Å². The van der Waals surface area contributed by atoms with Gasteiger partial charge in [0, 0.05) is 17.1 Å². The van der Waals surface area contributed by atoms with E-state index in [-0.39, 0.29) is 6.42 Å². The molecule has 104 valence electrons. The van der Waals surface area contributed by atoms with E-state index in [1.807, 2.05) is 13.0 Å². The van der Waals surface area contributed by atoms with Gasteiger partial charge >= 0.3 is 6.18 Å². The molecule has 1 aromatic heterocycles. The van der Waals surface area contributed by atoms with Crippen molar-refractivity contribution in [1.29, 1.82) is 5.26 Å². The Morgan fingerprint density at radius 1 is 1.20 bits per heavy atom. The highest BCUT2D eigenvalue weighted by atomic mass is 19.4. The normalized spacial score (nSPS) is 11.4. The fraction of sp³-hybridized carbons (Fsp3) is 0.267. The minimum atomic E-state index is -4.36. The average molecular weight is 278 g/mol. The molecule has 0 aliphatic rings. The van der Waals surface area contributed by atoms with Gasteiger partial charge in [-0.2, -0.15) is 18.4 Å². The van der Waals surface area contributed by atoms with Crippen LogP contribution in [0.15, 0.2) is 30.3 Å². The lowest BCUT2D eigenvalue weighted by atomic mass is 10.2. The molecule has 2 rings (SSSR count). The van der Waals surface area contributed by atoms with Crippen LogP contribution in [0.1, 0.15) is 22.5 Å². The molecule has 2 nitrogen and oxygen atoms in total. The topological polar surface area (TPSA) is 28.7 Å². The summed E-state index contributed by atoms with van der Waals surface area (Å²) >= 11 is 0. The van der Waals surface area contributed by atoms with Gasteiger partial charge in [0.2, 0.25) is 0 Å². The highest BCUT2D eigenvalue weighted by molar-refractivity contribution is 5.44. The number of nitrogens with zero attached hydrogens (tertiary/aromatic N) is 2. The molecule has 0 amide bonds. The van der Waals surface area contributed by atoms with Gasteiger partial charge in [-0.15, -0.1) is 0 Å². The van der Waals surface area contributed by atoms with Gasteiger partial charge in [0.05, 0.1) is 18.1 Å². The Balaban J connectivity index is 2.55. The van der Waals surface area contributed by atoms with E-state index in [1.54, 1.807) is 17.6 Å². The first kappa shape index (κ1) is 14.2. The summed E-state index contributed by atoms with van der Waals surface area (Å²) in [6.45, 7) is 3.62. The van der Waals surface area contributed by atoms with Crippen LogP contribution in [0.5, 0.6) is 0 Å². The van der Waals surface area contributed by atoms with Crippen LogP contribution in [0.4, 0.5) is 13.2 Å². The Kier molecular flexibility index (Phi) is 3.58. The molecule has 0 bridgehead atoms. The number of aromatic nitrogens is 1. The van der Waals surface area contributed by atoms with E-state index in [1.165, 1.54) is 6.07 Å². The van der Waals surface area contributed by atoms with Gasteiger partial charge in [0.25, 0.3) is 0 Å². The molecule has 5 heteroatoms. The van der Waals surface area contributed by atoms with Crippen LogP contribution in [0.2, 0.25) is 0 Å². The van der Waals surface area contributed by atoms with E-state index in [4.69, 9.17) is 5.26 Å². The van der Waals surface area contributed by atoms with Gasteiger partial charge < -0.3 is 4.57 Å². The molecule has 1 heterocycles. The quantitative estimate of drug-likeness (QED) is 0.810. The second-order valence-electron chi connectivity index (χ2n) is 4.61. The maximum Gasteiger partial charge on any atom is 0.416 e. The molecule has 0 saturated carbocycles. The van der Waals surface area contributed by atoms with Crippen LogP contribution in [-0.4, -0.2) is 4.57 Å². The van der Waals surface area contributed by atoms with Crippen molar-refractivity contribution in [2.24, 2.45) is 0 Å². The third-order valence-corrected chi connectivity index (χ3v) is 3.24. The maximum absolute atomic E-state index is 12.8. The second kappa shape index (κ2) is 5.04. The molecule has 0 atom stereocenters. The van der Waals surface area contributed by atoms with Crippen LogP contribution < -0.4 is 0 Å². The lowest BCUT2D eigenvalue weighted by molar-refractivity contribution is -0.137. The molecule has 2 aromatic rings. The number of rotatable bonds is 2.